The predicted octanol–water partition coefficient (Wildman–Crippen LogP) is 3.67. The van der Waals surface area contributed by atoms with Crippen LogP contribution in [0.5, 0.6) is 0 Å². The molecule has 138 valence electrons. The SMILES string of the molecule is CCCCN(C)C(=NCC1CCCN(CC(C)C)C1)NCC.I. The minimum atomic E-state index is 0. The van der Waals surface area contributed by atoms with Gasteiger partial charge in [-0.05, 0) is 44.6 Å². The Kier molecular flexibility index (Phi) is 13.3. The number of nitrogens with one attached hydrogen (secondary N) is 1. The largest absolute Gasteiger partial charge is 0.357 e. The summed E-state index contributed by atoms with van der Waals surface area (Å²) in [4.78, 5) is 9.81. The molecule has 1 atom stereocenters. The maximum Gasteiger partial charge on any atom is 0.193 e. The van der Waals surface area contributed by atoms with Gasteiger partial charge in [-0.25, -0.2) is 0 Å². The van der Waals surface area contributed by atoms with E-state index in [0.717, 1.165) is 37.4 Å². The monoisotopic (exact) mass is 438 g/mol. The average molecular weight is 438 g/mol. The van der Waals surface area contributed by atoms with E-state index < -0.39 is 0 Å². The third-order valence-corrected chi connectivity index (χ3v) is 4.27. The summed E-state index contributed by atoms with van der Waals surface area (Å²) in [7, 11) is 2.16. The highest BCUT2D eigenvalue weighted by molar-refractivity contribution is 14.0. The van der Waals surface area contributed by atoms with Gasteiger partial charge in [0.25, 0.3) is 0 Å². The van der Waals surface area contributed by atoms with Gasteiger partial charge < -0.3 is 15.1 Å². The van der Waals surface area contributed by atoms with Crippen LogP contribution in [0.25, 0.3) is 0 Å². The molecule has 0 aromatic rings. The van der Waals surface area contributed by atoms with Crippen LogP contribution in [0.4, 0.5) is 0 Å². The third-order valence-electron chi connectivity index (χ3n) is 4.27. The van der Waals surface area contributed by atoms with Gasteiger partial charge in [0.1, 0.15) is 0 Å². The fraction of sp³-hybridized carbons (Fsp3) is 0.944. The molecule has 1 N–H and O–H groups in total. The number of hydrogen-bond donors (Lipinski definition) is 1. The van der Waals surface area contributed by atoms with Crippen molar-refractivity contribution in [1.82, 2.24) is 15.1 Å². The van der Waals surface area contributed by atoms with Gasteiger partial charge in [-0.3, -0.25) is 4.99 Å². The minimum Gasteiger partial charge on any atom is -0.357 e. The molecule has 1 rings (SSSR count). The van der Waals surface area contributed by atoms with Crippen LogP contribution in [0.15, 0.2) is 4.99 Å². The highest BCUT2D eigenvalue weighted by atomic mass is 127. The number of aliphatic imine (C=N–C) groups is 1. The zero-order valence-electron chi connectivity index (χ0n) is 16.0. The molecule has 0 spiro atoms. The molecule has 1 fully saturated rings. The molecule has 0 amide bonds. The Morgan fingerprint density at radius 1 is 1.35 bits per heavy atom. The molecule has 0 bridgehead atoms. The van der Waals surface area contributed by atoms with Crippen molar-refractivity contribution < 1.29 is 0 Å². The Hall–Kier alpha value is -0.0400. The summed E-state index contributed by atoms with van der Waals surface area (Å²) >= 11 is 0. The van der Waals surface area contributed by atoms with Crippen molar-refractivity contribution in [2.24, 2.45) is 16.8 Å². The van der Waals surface area contributed by atoms with Crippen molar-refractivity contribution in [1.29, 1.82) is 0 Å². The second-order valence-electron chi connectivity index (χ2n) is 7.13. The van der Waals surface area contributed by atoms with Crippen molar-refractivity contribution in [3.8, 4) is 0 Å². The molecule has 1 aliphatic heterocycles. The van der Waals surface area contributed by atoms with Crippen molar-refractivity contribution in [3.63, 3.8) is 0 Å². The maximum atomic E-state index is 4.91. The summed E-state index contributed by atoms with van der Waals surface area (Å²) in [5.41, 5.74) is 0. The first-order valence-electron chi connectivity index (χ1n) is 9.28. The molecular weight excluding hydrogens is 399 g/mol. The minimum absolute atomic E-state index is 0. The summed E-state index contributed by atoms with van der Waals surface area (Å²) in [6, 6.07) is 0. The topological polar surface area (TPSA) is 30.9 Å². The van der Waals surface area contributed by atoms with E-state index in [1.165, 1.54) is 45.3 Å². The summed E-state index contributed by atoms with van der Waals surface area (Å²) in [5, 5.41) is 3.44. The quantitative estimate of drug-likeness (QED) is 0.357. The standard InChI is InChI=1S/C18H38N4.HI/c1-6-8-11-21(5)18(19-7-2)20-13-17-10-9-12-22(15-17)14-16(3)4;/h16-17H,6-15H2,1-5H3,(H,19,20);1H. The summed E-state index contributed by atoms with van der Waals surface area (Å²) in [5.74, 6) is 2.57. The number of piperidine rings is 1. The lowest BCUT2D eigenvalue weighted by Gasteiger charge is -2.33. The van der Waals surface area contributed by atoms with Crippen molar-refractivity contribution in [3.05, 3.63) is 0 Å². The smallest absolute Gasteiger partial charge is 0.193 e. The van der Waals surface area contributed by atoms with Crippen LogP contribution in [0.1, 0.15) is 53.4 Å². The van der Waals surface area contributed by atoms with Crippen LogP contribution in [-0.2, 0) is 0 Å². The number of hydrogen-bond acceptors (Lipinski definition) is 2. The van der Waals surface area contributed by atoms with Crippen LogP contribution in [0.3, 0.4) is 0 Å². The number of unbranched alkanes of at least 4 members (excludes halogenated alkanes) is 1. The number of likely N-dealkylation sites (tertiary alicyclic amines) is 1. The van der Waals surface area contributed by atoms with Crippen LogP contribution >= 0.6 is 24.0 Å². The first-order chi connectivity index (χ1) is 10.6. The zero-order chi connectivity index (χ0) is 16.4. The lowest BCUT2D eigenvalue weighted by molar-refractivity contribution is 0.162. The van der Waals surface area contributed by atoms with Crippen molar-refractivity contribution >= 4 is 29.9 Å². The van der Waals surface area contributed by atoms with Gasteiger partial charge in [0.2, 0.25) is 0 Å². The van der Waals surface area contributed by atoms with Crippen LogP contribution in [0.2, 0.25) is 0 Å². The fourth-order valence-corrected chi connectivity index (χ4v) is 3.17. The van der Waals surface area contributed by atoms with Crippen LogP contribution in [0, 0.1) is 11.8 Å². The molecule has 1 saturated heterocycles. The first-order valence-corrected chi connectivity index (χ1v) is 9.28. The fourth-order valence-electron chi connectivity index (χ4n) is 3.17. The molecule has 0 aromatic heterocycles. The number of rotatable bonds is 8. The Labute approximate surface area is 161 Å². The predicted molar refractivity (Wildman–Crippen MR) is 113 cm³/mol. The van der Waals surface area contributed by atoms with Gasteiger partial charge in [0, 0.05) is 39.8 Å². The highest BCUT2D eigenvalue weighted by Gasteiger charge is 2.20. The summed E-state index contributed by atoms with van der Waals surface area (Å²) in [6.07, 6.45) is 5.12. The van der Waals surface area contributed by atoms with Gasteiger partial charge in [-0.15, -0.1) is 24.0 Å². The molecular formula is C18H39IN4. The van der Waals surface area contributed by atoms with E-state index in [1.54, 1.807) is 0 Å². The molecule has 4 nitrogen and oxygen atoms in total. The molecule has 1 unspecified atom stereocenters. The number of halogens is 1. The molecule has 1 heterocycles. The van der Waals surface area contributed by atoms with E-state index in [9.17, 15) is 0 Å². The molecule has 0 aromatic carbocycles. The first kappa shape index (κ1) is 23.0. The maximum absolute atomic E-state index is 4.91. The van der Waals surface area contributed by atoms with Gasteiger partial charge in [-0.2, -0.15) is 0 Å². The molecule has 5 heteroatoms. The lowest BCUT2D eigenvalue weighted by Crippen LogP contribution is -2.41. The van der Waals surface area contributed by atoms with Crippen LogP contribution in [-0.4, -0.2) is 62.1 Å². The molecule has 0 radical (unpaired) electrons. The van der Waals surface area contributed by atoms with Gasteiger partial charge in [0.05, 0.1) is 0 Å². The van der Waals surface area contributed by atoms with Crippen LogP contribution < -0.4 is 5.32 Å². The van der Waals surface area contributed by atoms with Crippen molar-refractivity contribution in [2.75, 3.05) is 46.3 Å². The Morgan fingerprint density at radius 2 is 2.09 bits per heavy atom. The van der Waals surface area contributed by atoms with E-state index >= 15 is 0 Å². The molecule has 0 aliphatic carbocycles. The van der Waals surface area contributed by atoms with Gasteiger partial charge in [0.15, 0.2) is 5.96 Å². The molecule has 1 aliphatic rings. The third kappa shape index (κ3) is 9.75. The zero-order valence-corrected chi connectivity index (χ0v) is 18.3. The average Bonchev–Trinajstić information content (AvgIpc) is 2.48. The molecule has 0 saturated carbocycles. The van der Waals surface area contributed by atoms with E-state index in [1.807, 2.05) is 0 Å². The van der Waals surface area contributed by atoms with Crippen molar-refractivity contribution in [2.45, 2.75) is 53.4 Å². The number of guanidine groups is 1. The number of nitrogens with zero attached hydrogens (tertiary/aromatic N) is 3. The second kappa shape index (κ2) is 13.3. The lowest BCUT2D eigenvalue weighted by atomic mass is 9.97. The van der Waals surface area contributed by atoms with E-state index in [-0.39, 0.29) is 24.0 Å². The second-order valence-corrected chi connectivity index (χ2v) is 7.13. The van der Waals surface area contributed by atoms with E-state index in [0.29, 0.717) is 0 Å². The summed E-state index contributed by atoms with van der Waals surface area (Å²) in [6.45, 7) is 15.7. The van der Waals surface area contributed by atoms with Gasteiger partial charge in [-0.1, -0.05) is 27.2 Å². The Balaban J connectivity index is 0.00000484. The Bertz CT molecular complexity index is 320. The van der Waals surface area contributed by atoms with E-state index in [2.05, 4.69) is 49.9 Å². The molecule has 23 heavy (non-hydrogen) atoms. The van der Waals surface area contributed by atoms with E-state index in [4.69, 9.17) is 4.99 Å². The van der Waals surface area contributed by atoms with Gasteiger partial charge >= 0.3 is 0 Å². The highest BCUT2D eigenvalue weighted by Crippen LogP contribution is 2.18. The Morgan fingerprint density at radius 3 is 2.70 bits per heavy atom. The summed E-state index contributed by atoms with van der Waals surface area (Å²) < 4.78 is 0. The normalized spacial score (nSPS) is 19.6.